The van der Waals surface area contributed by atoms with E-state index >= 15 is 0 Å². The molecule has 7 unspecified atom stereocenters. The number of aliphatic carboxylic acids is 7. The van der Waals surface area contributed by atoms with Crippen molar-refractivity contribution in [2.45, 2.75) is 108 Å². The van der Waals surface area contributed by atoms with Gasteiger partial charge in [0.15, 0.2) is 0 Å². The third-order valence-corrected chi connectivity index (χ3v) is 16.5. The number of unbranched alkanes of at least 4 members (excludes halogenated alkanes) is 1. The molecular weight excluding hydrogens is 1200 g/mol. The summed E-state index contributed by atoms with van der Waals surface area (Å²) in [5, 5.41) is 85.3. The highest BCUT2D eigenvalue weighted by Crippen LogP contribution is 2.42. The smallest absolute Gasteiger partial charge is 0.326 e. The maximum absolute atomic E-state index is 14.3. The number of fused-ring (bicyclic) bond motifs is 5. The molecule has 12 N–H and O–H groups in total. The van der Waals surface area contributed by atoms with Gasteiger partial charge in [-0.05, 0) is 61.6 Å². The van der Waals surface area contributed by atoms with Crippen LogP contribution in [0.15, 0.2) is 58.7 Å². The number of carboxylic acids is 7. The highest BCUT2D eigenvalue weighted by Gasteiger charge is 2.39. The third kappa shape index (κ3) is 24.8. The molecule has 32 heteroatoms. The Morgan fingerprint density at radius 3 is 1.66 bits per heavy atom. The summed E-state index contributed by atoms with van der Waals surface area (Å²) in [6.45, 7) is 3.50. The van der Waals surface area contributed by atoms with Crippen LogP contribution in [0.3, 0.4) is 0 Å². The molecule has 3 aliphatic rings. The molecule has 0 radical (unpaired) electrons. The Kier molecular flexibility index (Phi) is 30.2. The fourth-order valence-electron chi connectivity index (χ4n) is 10.8. The first-order chi connectivity index (χ1) is 42.9. The first-order valence-electron chi connectivity index (χ1n) is 29.7. The van der Waals surface area contributed by atoms with Crippen LogP contribution in [-0.4, -0.2) is 247 Å². The van der Waals surface area contributed by atoms with Crippen LogP contribution in [0.2, 0.25) is 0 Å². The normalized spacial score (nSPS) is 18.5. The van der Waals surface area contributed by atoms with E-state index in [1.54, 1.807) is 19.6 Å². The quantitative estimate of drug-likeness (QED) is 0.0334. The Balaban J connectivity index is 1.12. The van der Waals surface area contributed by atoms with E-state index < -0.39 is 113 Å². The molecule has 1 saturated heterocycles. The SMILES string of the molecule is CC(CCCNC(=O)CN1CCN(CC(=O)O)CCN(CC(=O)O)CCN(CC(=O)O)CC1)C1C=NN=C2c3ccccc3N(C(=O)CCCCC(=O)NC(CCC(=O)NC(CCOP(O)NC(CCC(=O)O)C(=O)O)C(=O)O)C(=O)O)Cc3ccccc3C21. The van der Waals surface area contributed by atoms with Crippen molar-refractivity contribution >= 4 is 91.6 Å². The lowest BCUT2D eigenvalue weighted by molar-refractivity contribution is -0.143. The molecule has 1 fully saturated rings. The molecule has 3 heterocycles. The summed E-state index contributed by atoms with van der Waals surface area (Å²) in [7, 11) is -2.62. The second-order valence-electron chi connectivity index (χ2n) is 22.3. The molecule has 5 rings (SSSR count). The van der Waals surface area contributed by atoms with E-state index in [0.29, 0.717) is 49.4 Å². The van der Waals surface area contributed by atoms with Crippen LogP contribution in [-0.2, 0) is 63.8 Å². The molecule has 31 nitrogen and oxygen atoms in total. The van der Waals surface area contributed by atoms with E-state index in [0.717, 1.165) is 11.1 Å². The Hall–Kier alpha value is -7.90. The minimum atomic E-state index is -2.62. The van der Waals surface area contributed by atoms with Crippen LogP contribution in [0.5, 0.6) is 0 Å². The van der Waals surface area contributed by atoms with Gasteiger partial charge in [0.1, 0.15) is 18.1 Å². The van der Waals surface area contributed by atoms with Gasteiger partial charge < -0.3 is 66.0 Å². The van der Waals surface area contributed by atoms with Gasteiger partial charge in [0.25, 0.3) is 8.53 Å². The van der Waals surface area contributed by atoms with E-state index in [4.69, 9.17) is 14.7 Å². The fraction of sp³-hybridized carbons (Fsp3) is 0.569. The Labute approximate surface area is 520 Å². The van der Waals surface area contributed by atoms with Crippen molar-refractivity contribution in [3.05, 3.63) is 65.2 Å². The van der Waals surface area contributed by atoms with Crippen molar-refractivity contribution < 1.29 is 97.9 Å². The van der Waals surface area contributed by atoms with Crippen molar-refractivity contribution in [3.63, 3.8) is 0 Å². The van der Waals surface area contributed by atoms with Gasteiger partial charge in [0.2, 0.25) is 23.6 Å². The van der Waals surface area contributed by atoms with Crippen molar-refractivity contribution in [2.24, 2.45) is 22.0 Å². The second-order valence-corrected chi connectivity index (χ2v) is 23.3. The number of nitrogens with zero attached hydrogens (tertiary/aromatic N) is 7. The number of hydrogen-bond acceptors (Lipinski definition) is 20. The third-order valence-electron chi connectivity index (χ3n) is 15.6. The average Bonchev–Trinajstić information content (AvgIpc) is 0.762. The number of carbonyl (C=O) groups excluding carboxylic acids is 4. The maximum atomic E-state index is 14.3. The molecule has 2 aromatic rings. The number of amides is 4. The Morgan fingerprint density at radius 1 is 0.578 bits per heavy atom. The summed E-state index contributed by atoms with van der Waals surface area (Å²) >= 11 is 0. The van der Waals surface area contributed by atoms with Gasteiger partial charge in [-0.1, -0.05) is 49.4 Å². The van der Waals surface area contributed by atoms with Crippen LogP contribution in [0.25, 0.3) is 0 Å². The summed E-state index contributed by atoms with van der Waals surface area (Å²) in [4.78, 5) is 154. The first-order valence-corrected chi connectivity index (χ1v) is 30.9. The predicted octanol–water partition coefficient (Wildman–Crippen LogP) is 0.742. The summed E-state index contributed by atoms with van der Waals surface area (Å²) < 4.78 is 5.07. The molecule has 4 amide bonds. The lowest BCUT2D eigenvalue weighted by Crippen LogP contribution is -2.49. The number of hydrogen-bond donors (Lipinski definition) is 12. The predicted molar refractivity (Wildman–Crippen MR) is 323 cm³/mol. The summed E-state index contributed by atoms with van der Waals surface area (Å²) in [6, 6.07) is 10.6. The van der Waals surface area contributed by atoms with Gasteiger partial charge in [-0.15, -0.1) is 0 Å². The van der Waals surface area contributed by atoms with Crippen LogP contribution in [0, 0.1) is 11.8 Å². The van der Waals surface area contributed by atoms with Gasteiger partial charge in [-0.2, -0.15) is 10.2 Å². The zero-order valence-corrected chi connectivity index (χ0v) is 51.0. The molecule has 0 saturated carbocycles. The summed E-state index contributed by atoms with van der Waals surface area (Å²) in [5.74, 6) is -11.2. The Morgan fingerprint density at radius 2 is 1.09 bits per heavy atom. The van der Waals surface area contributed by atoms with E-state index in [1.165, 1.54) is 0 Å². The van der Waals surface area contributed by atoms with Crippen LogP contribution in [0.1, 0.15) is 100 Å². The molecule has 0 aromatic heterocycles. The number of para-hydroxylation sites is 1. The van der Waals surface area contributed by atoms with Crippen molar-refractivity contribution in [3.8, 4) is 0 Å². The molecule has 0 aliphatic carbocycles. The molecule has 3 aliphatic heterocycles. The van der Waals surface area contributed by atoms with E-state index in [-0.39, 0.29) is 134 Å². The van der Waals surface area contributed by atoms with Crippen LogP contribution < -0.4 is 25.9 Å². The molecule has 90 heavy (non-hydrogen) atoms. The maximum Gasteiger partial charge on any atom is 0.326 e. The van der Waals surface area contributed by atoms with Gasteiger partial charge in [0, 0.05) is 115 Å². The van der Waals surface area contributed by atoms with Crippen molar-refractivity contribution in [2.75, 3.05) is 96.6 Å². The topological polar surface area (TPSA) is 448 Å². The van der Waals surface area contributed by atoms with Crippen LogP contribution in [0.4, 0.5) is 5.69 Å². The average molecular weight is 1280 g/mol. The monoisotopic (exact) mass is 1280 g/mol. The van der Waals surface area contributed by atoms with Crippen molar-refractivity contribution in [1.29, 1.82) is 0 Å². The van der Waals surface area contributed by atoms with Gasteiger partial charge >= 0.3 is 41.8 Å². The molecular formula is C58H82N11O20P. The number of carbonyl (C=O) groups is 11. The number of anilines is 1. The Bertz CT molecular complexity index is 2870. The molecule has 0 bridgehead atoms. The van der Waals surface area contributed by atoms with E-state index in [9.17, 15) is 88.3 Å². The molecule has 7 atom stereocenters. The summed E-state index contributed by atoms with van der Waals surface area (Å²) in [6.07, 6.45) is 1.22. The molecule has 0 spiro atoms. The van der Waals surface area contributed by atoms with E-state index in [1.807, 2.05) is 59.6 Å². The van der Waals surface area contributed by atoms with Crippen molar-refractivity contribution in [1.82, 2.24) is 40.6 Å². The molecule has 494 valence electrons. The summed E-state index contributed by atoms with van der Waals surface area (Å²) in [5.41, 5.74) is 3.82. The van der Waals surface area contributed by atoms with Gasteiger partial charge in [-0.3, -0.25) is 62.8 Å². The second kappa shape index (κ2) is 37.3. The number of rotatable bonds is 35. The zero-order chi connectivity index (χ0) is 65.9. The van der Waals surface area contributed by atoms with Gasteiger partial charge in [-0.25, -0.2) is 14.7 Å². The van der Waals surface area contributed by atoms with E-state index in [2.05, 4.69) is 33.1 Å². The fourth-order valence-corrected chi connectivity index (χ4v) is 11.6. The standard InChI is InChI=1S/C58H82N11O20P/c1-37(9-8-21-59-48(72)33-65-22-24-66(34-51(76)77)26-28-68(36-53(80)81)29-27-67(25-23-65)35-52(78)79)41-31-60-63-55-40-12-4-5-13-45(40)69(32-38-10-2-3-11-39(38)54(41)55)49(73)15-7-6-14-46(70)61-42(56(82)83)16-18-47(71)62-43(57(84)85)20-30-89-90(88)64-44(58(86)87)17-19-50(74)75/h2-5,10-13,31,37,41-44,54,64,88H,6-9,14-30,32-36H2,1H3,(H,59,72)(H,61,70)(H,62,71)(H,74,75)(H,76,77)(H,78,79)(H,80,81)(H,82,83)(H,84,85)(H,86,87). The highest BCUT2D eigenvalue weighted by atomic mass is 31.2. The minimum absolute atomic E-state index is 0.0177. The largest absolute Gasteiger partial charge is 0.481 e. The van der Waals surface area contributed by atoms with Gasteiger partial charge in [0.05, 0.1) is 50.7 Å². The van der Waals surface area contributed by atoms with Crippen LogP contribution >= 0.6 is 8.53 Å². The lowest BCUT2D eigenvalue weighted by atomic mass is 9.71. The highest BCUT2D eigenvalue weighted by molar-refractivity contribution is 7.43. The lowest BCUT2D eigenvalue weighted by Gasteiger charge is -2.37. The molecule has 2 aromatic carbocycles. The minimum Gasteiger partial charge on any atom is -0.481 e. The number of benzene rings is 2. The first kappa shape index (κ1) is 72.8. The number of nitrogens with one attached hydrogen (secondary N) is 4. The zero-order valence-electron chi connectivity index (χ0n) is 50.1. The number of carboxylic acid groups (broad SMARTS) is 7.